The molecule has 0 fully saturated rings. The number of aryl methyl sites for hydroxylation is 1. The second kappa shape index (κ2) is 32.2. The Morgan fingerprint density at radius 3 is 0.657 bits per heavy atom. The van der Waals surface area contributed by atoms with Crippen LogP contribution < -0.4 is 0 Å². The molecule has 15 heteroatoms. The summed E-state index contributed by atoms with van der Waals surface area (Å²) in [6, 6.07) is 105. The van der Waals surface area contributed by atoms with Crippen molar-refractivity contribution in [2.24, 2.45) is 0 Å². The smallest absolute Gasteiger partial charge is 0.164 e. The Hall–Kier alpha value is -13.2. The maximum atomic E-state index is 5.17. The molecule has 9 heterocycles. The molecule has 0 saturated carbocycles. The van der Waals surface area contributed by atoms with Gasteiger partial charge in [0.2, 0.25) is 0 Å². The highest BCUT2D eigenvalue weighted by atomic mass is 79.9. The van der Waals surface area contributed by atoms with Crippen molar-refractivity contribution < 1.29 is 0 Å². The monoisotopic (exact) mass is 1480 g/mol. The van der Waals surface area contributed by atoms with Crippen LogP contribution in [-0.4, -0.2) is 64.8 Å². The van der Waals surface area contributed by atoms with Crippen molar-refractivity contribution in [3.8, 4) is 158 Å². The fourth-order valence-electron chi connectivity index (χ4n) is 11.9. The van der Waals surface area contributed by atoms with Gasteiger partial charge in [0.15, 0.2) is 34.9 Å². The van der Waals surface area contributed by atoms with E-state index in [1.54, 1.807) is 12.4 Å². The Morgan fingerprint density at radius 1 is 0.171 bits per heavy atom. The van der Waals surface area contributed by atoms with E-state index >= 15 is 0 Å². The number of hydrogen-bond acceptors (Lipinski definition) is 13. The molecule has 0 bridgehead atoms. The highest BCUT2D eigenvalue weighted by molar-refractivity contribution is 9.11. The third-order valence-electron chi connectivity index (χ3n) is 16.9. The lowest BCUT2D eigenvalue weighted by Gasteiger charge is -2.15. The number of hydrogen-bond donors (Lipinski definition) is 0. The zero-order valence-corrected chi connectivity index (χ0v) is 59.7. The van der Waals surface area contributed by atoms with E-state index < -0.39 is 0 Å². The van der Waals surface area contributed by atoms with Crippen LogP contribution in [0.15, 0.2) is 362 Å². The van der Waals surface area contributed by atoms with Crippen LogP contribution in [0.3, 0.4) is 0 Å². The molecule has 0 amide bonds. The molecule has 500 valence electrons. The quantitative estimate of drug-likeness (QED) is 0.101. The summed E-state index contributed by atoms with van der Waals surface area (Å²) in [6.07, 6.45) is 10.9. The number of halogens is 2. The molecule has 9 aromatic heterocycles. The molecule has 0 saturated heterocycles. The topological polar surface area (TPSA) is 168 Å². The van der Waals surface area contributed by atoms with Crippen molar-refractivity contribution in [2.45, 2.75) is 6.92 Å². The molecule has 0 N–H and O–H groups in total. The summed E-state index contributed by atoms with van der Waals surface area (Å²) in [4.78, 5) is 61.8. The first kappa shape index (κ1) is 67.6. The first-order valence-electron chi connectivity index (χ1n) is 33.9. The molecule has 17 aromatic rings. The first-order chi connectivity index (χ1) is 51.7. The van der Waals surface area contributed by atoms with E-state index in [0.717, 1.165) is 138 Å². The van der Waals surface area contributed by atoms with Crippen LogP contribution in [0.25, 0.3) is 158 Å². The second-order valence-corrected chi connectivity index (χ2v) is 26.2. The average molecular weight is 1480 g/mol. The zero-order valence-electron chi connectivity index (χ0n) is 56.6. The van der Waals surface area contributed by atoms with Gasteiger partial charge in [-0.3, -0.25) is 29.9 Å². The van der Waals surface area contributed by atoms with E-state index in [4.69, 9.17) is 49.8 Å². The van der Waals surface area contributed by atoms with Crippen LogP contribution in [0.2, 0.25) is 0 Å². The molecule has 0 radical (unpaired) electrons. The third kappa shape index (κ3) is 16.7. The third-order valence-corrected chi connectivity index (χ3v) is 17.8. The molecule has 8 aromatic carbocycles. The highest BCUT2D eigenvalue weighted by Crippen LogP contribution is 2.40. The van der Waals surface area contributed by atoms with Gasteiger partial charge in [0.05, 0.1) is 45.6 Å². The van der Waals surface area contributed by atoms with E-state index in [0.29, 0.717) is 34.9 Å². The maximum absolute atomic E-state index is 5.17. The van der Waals surface area contributed by atoms with Crippen LogP contribution in [0, 0.1) is 6.92 Å². The molecule has 17 rings (SSSR count). The summed E-state index contributed by atoms with van der Waals surface area (Å²) in [7, 11) is 0. The summed E-state index contributed by atoms with van der Waals surface area (Å²) >= 11 is 7.07. The second-order valence-electron chi connectivity index (χ2n) is 24.3. The van der Waals surface area contributed by atoms with Crippen molar-refractivity contribution in [1.29, 1.82) is 0 Å². The summed E-state index contributed by atoms with van der Waals surface area (Å²) in [5.41, 5.74) is 21.5. The first-order valence-corrected chi connectivity index (χ1v) is 35.4. The van der Waals surface area contributed by atoms with Crippen LogP contribution in [0.4, 0.5) is 0 Å². The number of benzene rings is 8. The van der Waals surface area contributed by atoms with Gasteiger partial charge in [-0.25, -0.2) is 34.9 Å². The lowest BCUT2D eigenvalue weighted by atomic mass is 9.91. The summed E-state index contributed by atoms with van der Waals surface area (Å²) in [6.45, 7) is 2.06. The summed E-state index contributed by atoms with van der Waals surface area (Å²) in [5, 5.41) is 0. The molecule has 0 unspecified atom stereocenters. The summed E-state index contributed by atoms with van der Waals surface area (Å²) < 4.78 is 1.93. The fraction of sp³-hybridized carbons (Fsp3) is 0.0111. The molecule has 0 spiro atoms. The molecule has 105 heavy (non-hydrogen) atoms. The van der Waals surface area contributed by atoms with Crippen molar-refractivity contribution in [3.05, 3.63) is 367 Å². The minimum atomic E-state index is 0.558. The van der Waals surface area contributed by atoms with E-state index in [-0.39, 0.29) is 0 Å². The number of aromatic nitrogens is 13. The minimum absolute atomic E-state index is 0.558. The largest absolute Gasteiger partial charge is 0.256 e. The molecular weight excluding hydrogens is 1420 g/mol. The summed E-state index contributed by atoms with van der Waals surface area (Å²) in [5.74, 6) is 3.70. The molecule has 0 aliphatic rings. The number of nitrogens with zero attached hydrogens (tertiary/aromatic N) is 13. The van der Waals surface area contributed by atoms with Crippen LogP contribution in [0.1, 0.15) is 5.56 Å². The van der Waals surface area contributed by atoms with Gasteiger partial charge in [-0.15, -0.1) is 0 Å². The lowest BCUT2D eigenvalue weighted by Crippen LogP contribution is -2.00. The Bertz CT molecular complexity index is 5130. The van der Waals surface area contributed by atoms with Gasteiger partial charge in [0.1, 0.15) is 0 Å². The minimum Gasteiger partial charge on any atom is -0.256 e. The SMILES string of the molecule is Brc1cc(Br)cc(-c2nc(-c3ccccc3)nc(-c3ccccc3)n2)c1.Cc1cc(-c2ccccn2)nc(-c2ccccn2)c1.c1ccc(-c2nc(-c3ccccc3)nc(-c3cc(-c4cc(-c5ccccn5)cc(-c5ccccn5)c4)cc(-c4cc(-c5ccccn5)cc(-c5ccccn5)c4)c3)n2)cc1. The van der Waals surface area contributed by atoms with Crippen molar-refractivity contribution >= 4 is 31.9 Å². The standard InChI is InChI=1S/C53H35N7.C21H13Br2N3.C16H13N3/c1-3-15-36(16-4-1)51-58-52(37-17-5-2-6-18-37)60-53(59-51)46-32-38(40-28-42(47-19-7-11-23-54-47)34-43(29-40)48-20-8-12-24-55-48)27-39(33-46)41-30-44(49-21-9-13-25-56-49)35-45(31-41)50-22-10-14-26-57-50;22-17-11-16(12-18(23)13-17)21-25-19(14-7-3-1-4-8-14)24-20(26-21)15-9-5-2-6-10-15;1-12-10-15(13-6-2-4-8-17-13)19-16(11-12)14-7-3-5-9-18-14/h1-35H;1-13H;2-11H,1H3. The van der Waals surface area contributed by atoms with E-state index in [1.807, 2.05) is 286 Å². The van der Waals surface area contributed by atoms with Gasteiger partial charge in [-0.05, 0) is 192 Å². The predicted molar refractivity (Wildman–Crippen MR) is 427 cm³/mol. The van der Waals surface area contributed by atoms with Gasteiger partial charge in [-0.2, -0.15) is 0 Å². The van der Waals surface area contributed by atoms with Crippen LogP contribution >= 0.6 is 31.9 Å². The van der Waals surface area contributed by atoms with E-state index in [2.05, 4.69) is 108 Å². The Labute approximate surface area is 624 Å². The molecule has 0 aliphatic carbocycles. The van der Waals surface area contributed by atoms with Crippen molar-refractivity contribution in [3.63, 3.8) is 0 Å². The predicted octanol–water partition coefficient (Wildman–Crippen LogP) is 22.4. The molecule has 0 atom stereocenters. The molecule has 13 nitrogen and oxygen atoms in total. The van der Waals surface area contributed by atoms with Crippen molar-refractivity contribution in [2.75, 3.05) is 0 Å². The van der Waals surface area contributed by atoms with E-state index in [1.165, 1.54) is 0 Å². The number of pyridine rings is 7. The Balaban J connectivity index is 0.000000160. The Morgan fingerprint density at radius 2 is 0.390 bits per heavy atom. The van der Waals surface area contributed by atoms with Gasteiger partial charge >= 0.3 is 0 Å². The van der Waals surface area contributed by atoms with Gasteiger partial charge in [-0.1, -0.05) is 190 Å². The van der Waals surface area contributed by atoms with Crippen LogP contribution in [-0.2, 0) is 0 Å². The maximum Gasteiger partial charge on any atom is 0.164 e. The van der Waals surface area contributed by atoms with Crippen LogP contribution in [0.5, 0.6) is 0 Å². The lowest BCUT2D eigenvalue weighted by molar-refractivity contribution is 1.07. The van der Waals surface area contributed by atoms with Crippen molar-refractivity contribution in [1.82, 2.24) is 64.8 Å². The van der Waals surface area contributed by atoms with Gasteiger partial charge in [0, 0.05) is 102 Å². The highest BCUT2D eigenvalue weighted by Gasteiger charge is 2.20. The fourth-order valence-corrected chi connectivity index (χ4v) is 13.2. The van der Waals surface area contributed by atoms with Gasteiger partial charge < -0.3 is 0 Å². The van der Waals surface area contributed by atoms with E-state index in [9.17, 15) is 0 Å². The Kier molecular flexibility index (Phi) is 20.7. The molecule has 0 aliphatic heterocycles. The number of rotatable bonds is 14. The zero-order chi connectivity index (χ0) is 71.1. The normalized spacial score (nSPS) is 10.8. The van der Waals surface area contributed by atoms with Gasteiger partial charge in [0.25, 0.3) is 0 Å². The molecular formula is C90H61Br2N13. The average Bonchev–Trinajstić information content (AvgIpc) is 0.768.